The Morgan fingerprint density at radius 2 is 2.13 bits per heavy atom. The lowest BCUT2D eigenvalue weighted by atomic mass is 10.0. The minimum absolute atomic E-state index is 0.110. The second-order valence-electron chi connectivity index (χ2n) is 7.58. The molecule has 2 aromatic heterocycles. The molecule has 1 saturated heterocycles. The Balaban J connectivity index is 1.65. The van der Waals surface area contributed by atoms with Gasteiger partial charge < -0.3 is 19.6 Å². The lowest BCUT2D eigenvalue weighted by molar-refractivity contribution is -0.0246. The van der Waals surface area contributed by atoms with Gasteiger partial charge in [-0.1, -0.05) is 18.2 Å². The second-order valence-corrected chi connectivity index (χ2v) is 7.58. The summed E-state index contributed by atoms with van der Waals surface area (Å²) in [5, 5.41) is 14.0. The van der Waals surface area contributed by atoms with E-state index in [0.717, 1.165) is 5.39 Å². The van der Waals surface area contributed by atoms with Crippen LogP contribution in [0.25, 0.3) is 10.9 Å². The summed E-state index contributed by atoms with van der Waals surface area (Å²) in [6, 6.07) is 9.17. The van der Waals surface area contributed by atoms with Gasteiger partial charge in [-0.2, -0.15) is 5.10 Å². The van der Waals surface area contributed by atoms with E-state index in [1.165, 1.54) is 4.90 Å². The number of aromatic nitrogens is 3. The van der Waals surface area contributed by atoms with Gasteiger partial charge in [0.1, 0.15) is 6.10 Å². The Kier molecular flexibility index (Phi) is 5.97. The number of aliphatic hydroxyl groups excluding tert-OH is 1. The highest BCUT2D eigenvalue weighted by Crippen LogP contribution is 2.27. The van der Waals surface area contributed by atoms with Gasteiger partial charge in [0, 0.05) is 38.8 Å². The number of morpholine rings is 1. The minimum Gasteiger partial charge on any atom is -0.395 e. The first-order valence-electron chi connectivity index (χ1n) is 10.1. The molecule has 162 valence electrons. The number of fused-ring (bicyclic) bond motifs is 1. The Morgan fingerprint density at radius 1 is 1.32 bits per heavy atom. The summed E-state index contributed by atoms with van der Waals surface area (Å²) < 4.78 is 7.53. The number of nitrogens with zero attached hydrogens (tertiary/aromatic N) is 5. The summed E-state index contributed by atoms with van der Waals surface area (Å²) in [5.74, 6) is -0.311. The van der Waals surface area contributed by atoms with Crippen LogP contribution in [0.3, 0.4) is 0 Å². The molecule has 0 aliphatic carbocycles. The normalized spacial score (nSPS) is 16.5. The first-order valence-corrected chi connectivity index (χ1v) is 10.1. The molecule has 9 heteroatoms. The molecular formula is C22H25N5O4. The summed E-state index contributed by atoms with van der Waals surface area (Å²) in [6.07, 6.45) is 2.79. The topological polar surface area (TPSA) is 101 Å². The number of carbonyl (C=O) groups excluding carboxylic acids is 2. The van der Waals surface area contributed by atoms with E-state index < -0.39 is 6.10 Å². The third-order valence-corrected chi connectivity index (χ3v) is 5.38. The summed E-state index contributed by atoms with van der Waals surface area (Å²) in [4.78, 5) is 33.8. The van der Waals surface area contributed by atoms with Crippen molar-refractivity contribution in [2.45, 2.75) is 6.10 Å². The Bertz CT molecular complexity index is 1110. The van der Waals surface area contributed by atoms with Crippen LogP contribution < -0.4 is 0 Å². The van der Waals surface area contributed by atoms with Crippen molar-refractivity contribution in [3.63, 3.8) is 0 Å². The van der Waals surface area contributed by atoms with Crippen LogP contribution in [0.2, 0.25) is 0 Å². The Hall–Kier alpha value is -3.30. The molecule has 1 atom stereocenters. The number of amides is 2. The first-order chi connectivity index (χ1) is 15.0. The summed E-state index contributed by atoms with van der Waals surface area (Å²) >= 11 is 0. The van der Waals surface area contributed by atoms with Crippen LogP contribution in [0.15, 0.2) is 42.7 Å². The molecular weight excluding hydrogens is 398 g/mol. The molecule has 2 amide bonds. The molecule has 1 N–H and O–H groups in total. The molecule has 1 aromatic carbocycles. The van der Waals surface area contributed by atoms with E-state index in [9.17, 15) is 14.7 Å². The zero-order valence-corrected chi connectivity index (χ0v) is 17.6. The van der Waals surface area contributed by atoms with Gasteiger partial charge in [0.15, 0.2) is 0 Å². The van der Waals surface area contributed by atoms with Gasteiger partial charge in [-0.15, -0.1) is 0 Å². The minimum atomic E-state index is -0.450. The number of carbonyl (C=O) groups is 2. The maximum absolute atomic E-state index is 13.0. The molecule has 0 radical (unpaired) electrons. The van der Waals surface area contributed by atoms with Gasteiger partial charge in [-0.3, -0.25) is 14.3 Å². The lowest BCUT2D eigenvalue weighted by Gasteiger charge is -2.32. The van der Waals surface area contributed by atoms with Crippen LogP contribution in [0.1, 0.15) is 32.5 Å². The smallest absolute Gasteiger partial charge is 0.257 e. The maximum atomic E-state index is 13.0. The van der Waals surface area contributed by atoms with Crippen LogP contribution in [0, 0.1) is 0 Å². The highest BCUT2D eigenvalue weighted by atomic mass is 16.5. The number of hydrogen-bond donors (Lipinski definition) is 1. The molecule has 1 fully saturated rings. The second kappa shape index (κ2) is 8.83. The SMILES string of the molecule is CN(CCO)C(=O)c1cc([C@H]2CN(C(=O)c3cnn(C)c3)CCO2)nc2ccccc12. The van der Waals surface area contributed by atoms with Crippen LogP contribution in [0.4, 0.5) is 0 Å². The number of rotatable bonds is 5. The summed E-state index contributed by atoms with van der Waals surface area (Å²) in [7, 11) is 3.42. The van der Waals surface area contributed by atoms with Crippen LogP contribution in [-0.2, 0) is 11.8 Å². The molecule has 0 spiro atoms. The van der Waals surface area contributed by atoms with E-state index in [0.29, 0.717) is 42.0 Å². The average molecular weight is 423 g/mol. The number of likely N-dealkylation sites (N-methyl/N-ethyl adjacent to an activating group) is 1. The molecule has 3 heterocycles. The predicted molar refractivity (Wildman–Crippen MR) is 114 cm³/mol. The number of ether oxygens (including phenoxy) is 1. The largest absolute Gasteiger partial charge is 0.395 e. The van der Waals surface area contributed by atoms with Gasteiger partial charge in [0.2, 0.25) is 0 Å². The Labute approximate surface area is 179 Å². The molecule has 9 nitrogen and oxygen atoms in total. The molecule has 3 aromatic rings. The standard InChI is InChI=1S/C22H25N5O4/c1-25(7-9-28)22(30)17-11-19(24-18-6-4-3-5-16(17)18)20-14-27(8-10-31-20)21(29)15-12-23-26(2)13-15/h3-6,11-13,20,28H,7-10,14H2,1-2H3/t20-/m1/s1. The number of aliphatic hydroxyl groups is 1. The monoisotopic (exact) mass is 423 g/mol. The molecule has 0 bridgehead atoms. The molecule has 31 heavy (non-hydrogen) atoms. The third-order valence-electron chi connectivity index (χ3n) is 5.38. The van der Waals surface area contributed by atoms with Gasteiger partial charge in [-0.25, -0.2) is 4.98 Å². The zero-order chi connectivity index (χ0) is 22.0. The van der Waals surface area contributed by atoms with Crippen LogP contribution in [0.5, 0.6) is 0 Å². The number of para-hydroxylation sites is 1. The predicted octanol–water partition coefficient (Wildman–Crippen LogP) is 1.25. The number of pyridine rings is 1. The maximum Gasteiger partial charge on any atom is 0.257 e. The first kappa shape index (κ1) is 21.0. The molecule has 1 aliphatic heterocycles. The summed E-state index contributed by atoms with van der Waals surface area (Å²) in [5.41, 5.74) is 2.30. The number of hydrogen-bond acceptors (Lipinski definition) is 6. The summed E-state index contributed by atoms with van der Waals surface area (Å²) in [6.45, 7) is 1.30. The Morgan fingerprint density at radius 3 is 2.87 bits per heavy atom. The van der Waals surface area contributed by atoms with Crippen molar-refractivity contribution in [1.82, 2.24) is 24.6 Å². The van der Waals surface area contributed by atoms with Crippen molar-refractivity contribution < 1.29 is 19.4 Å². The van der Waals surface area contributed by atoms with Crippen LogP contribution in [-0.4, -0.2) is 81.4 Å². The van der Waals surface area contributed by atoms with E-state index in [4.69, 9.17) is 9.72 Å². The third kappa shape index (κ3) is 4.28. The van der Waals surface area contributed by atoms with Crippen molar-refractivity contribution in [3.8, 4) is 0 Å². The highest BCUT2D eigenvalue weighted by molar-refractivity contribution is 6.06. The van der Waals surface area contributed by atoms with Gasteiger partial charge >= 0.3 is 0 Å². The van der Waals surface area contributed by atoms with Crippen molar-refractivity contribution in [1.29, 1.82) is 0 Å². The van der Waals surface area contributed by atoms with Crippen LogP contribution >= 0.6 is 0 Å². The van der Waals surface area contributed by atoms with Crippen molar-refractivity contribution in [2.75, 3.05) is 39.9 Å². The average Bonchev–Trinajstić information content (AvgIpc) is 3.23. The quantitative estimate of drug-likeness (QED) is 0.663. The van der Waals surface area contributed by atoms with Crippen molar-refractivity contribution >= 4 is 22.7 Å². The molecule has 0 saturated carbocycles. The van der Waals surface area contributed by atoms with Crippen molar-refractivity contribution in [2.24, 2.45) is 7.05 Å². The van der Waals surface area contributed by atoms with Gasteiger partial charge in [-0.05, 0) is 12.1 Å². The van der Waals surface area contributed by atoms with Crippen molar-refractivity contribution in [3.05, 3.63) is 59.5 Å². The number of benzene rings is 1. The van der Waals surface area contributed by atoms with E-state index in [1.54, 1.807) is 42.1 Å². The fourth-order valence-corrected chi connectivity index (χ4v) is 3.72. The van der Waals surface area contributed by atoms with E-state index in [-0.39, 0.29) is 25.0 Å². The highest BCUT2D eigenvalue weighted by Gasteiger charge is 2.29. The van der Waals surface area contributed by atoms with E-state index >= 15 is 0 Å². The molecule has 4 rings (SSSR count). The van der Waals surface area contributed by atoms with E-state index in [2.05, 4.69) is 5.10 Å². The lowest BCUT2D eigenvalue weighted by Crippen LogP contribution is -2.42. The fourth-order valence-electron chi connectivity index (χ4n) is 3.72. The molecule has 0 unspecified atom stereocenters. The number of aryl methyl sites for hydroxylation is 1. The van der Waals surface area contributed by atoms with E-state index in [1.807, 2.05) is 24.3 Å². The molecule has 1 aliphatic rings. The van der Waals surface area contributed by atoms with Gasteiger partial charge in [0.25, 0.3) is 11.8 Å². The fraction of sp³-hybridized carbons (Fsp3) is 0.364. The zero-order valence-electron chi connectivity index (χ0n) is 17.6. The van der Waals surface area contributed by atoms with Gasteiger partial charge in [0.05, 0.1) is 48.3 Å².